The van der Waals surface area contributed by atoms with E-state index in [0.717, 1.165) is 10.9 Å². The third kappa shape index (κ3) is 4.03. The SMILES string of the molecule is COC(OC)C(C)NC(=O)Cc1ccc2ccccc2c1. The summed E-state index contributed by atoms with van der Waals surface area (Å²) in [5.41, 5.74) is 0.991. The van der Waals surface area contributed by atoms with Gasteiger partial charge < -0.3 is 14.8 Å². The van der Waals surface area contributed by atoms with Crippen molar-refractivity contribution in [3.05, 3.63) is 48.0 Å². The topological polar surface area (TPSA) is 47.6 Å². The quantitative estimate of drug-likeness (QED) is 0.830. The zero-order chi connectivity index (χ0) is 15.2. The average molecular weight is 287 g/mol. The fourth-order valence-corrected chi connectivity index (χ4v) is 2.41. The van der Waals surface area contributed by atoms with E-state index in [1.165, 1.54) is 5.39 Å². The first-order chi connectivity index (χ1) is 10.1. The van der Waals surface area contributed by atoms with Gasteiger partial charge in [0.2, 0.25) is 5.91 Å². The van der Waals surface area contributed by atoms with Gasteiger partial charge in [0.15, 0.2) is 6.29 Å². The van der Waals surface area contributed by atoms with Gasteiger partial charge in [0.05, 0.1) is 12.5 Å². The summed E-state index contributed by atoms with van der Waals surface area (Å²) in [4.78, 5) is 12.1. The second-order valence-electron chi connectivity index (χ2n) is 5.05. The van der Waals surface area contributed by atoms with Crippen molar-refractivity contribution in [2.75, 3.05) is 14.2 Å². The molecule has 21 heavy (non-hydrogen) atoms. The molecular weight excluding hydrogens is 266 g/mol. The van der Waals surface area contributed by atoms with Crippen molar-refractivity contribution < 1.29 is 14.3 Å². The number of nitrogens with one attached hydrogen (secondary N) is 1. The zero-order valence-electron chi connectivity index (χ0n) is 12.6. The fourth-order valence-electron chi connectivity index (χ4n) is 2.41. The van der Waals surface area contributed by atoms with E-state index in [4.69, 9.17) is 9.47 Å². The van der Waals surface area contributed by atoms with Gasteiger partial charge in [-0.05, 0) is 23.3 Å². The van der Waals surface area contributed by atoms with E-state index >= 15 is 0 Å². The molecule has 0 aliphatic heterocycles. The minimum Gasteiger partial charge on any atom is -0.354 e. The van der Waals surface area contributed by atoms with E-state index in [9.17, 15) is 4.79 Å². The van der Waals surface area contributed by atoms with Crippen molar-refractivity contribution in [2.45, 2.75) is 25.7 Å². The molecule has 0 saturated carbocycles. The minimum atomic E-state index is -0.439. The maximum Gasteiger partial charge on any atom is 0.224 e. The van der Waals surface area contributed by atoms with E-state index < -0.39 is 6.29 Å². The Morgan fingerprint density at radius 3 is 2.43 bits per heavy atom. The molecule has 1 unspecified atom stereocenters. The number of fused-ring (bicyclic) bond motifs is 1. The van der Waals surface area contributed by atoms with Crippen molar-refractivity contribution in [2.24, 2.45) is 0 Å². The molecule has 1 amide bonds. The van der Waals surface area contributed by atoms with Crippen molar-refractivity contribution in [3.8, 4) is 0 Å². The maximum absolute atomic E-state index is 12.1. The number of carbonyl (C=O) groups excluding carboxylic acids is 1. The van der Waals surface area contributed by atoms with Crippen molar-refractivity contribution >= 4 is 16.7 Å². The third-order valence-electron chi connectivity index (χ3n) is 3.44. The van der Waals surface area contributed by atoms with Crippen molar-refractivity contribution in [1.82, 2.24) is 5.32 Å². The first-order valence-electron chi connectivity index (χ1n) is 6.96. The Bertz CT molecular complexity index is 608. The van der Waals surface area contributed by atoms with Crippen LogP contribution in [0.2, 0.25) is 0 Å². The molecule has 0 aliphatic rings. The predicted molar refractivity (Wildman–Crippen MR) is 83.1 cm³/mol. The van der Waals surface area contributed by atoms with Crippen molar-refractivity contribution in [1.29, 1.82) is 0 Å². The van der Waals surface area contributed by atoms with Gasteiger partial charge in [-0.25, -0.2) is 0 Å². The smallest absolute Gasteiger partial charge is 0.224 e. The molecule has 4 heteroatoms. The van der Waals surface area contributed by atoms with Crippen LogP contribution in [0.5, 0.6) is 0 Å². The number of ether oxygens (including phenoxy) is 2. The number of amides is 1. The summed E-state index contributed by atoms with van der Waals surface area (Å²) in [6.45, 7) is 1.86. The first kappa shape index (κ1) is 15.5. The van der Waals surface area contributed by atoms with Crippen LogP contribution in [0, 0.1) is 0 Å². The van der Waals surface area contributed by atoms with Gasteiger partial charge in [-0.1, -0.05) is 42.5 Å². The molecular formula is C17H21NO3. The van der Waals surface area contributed by atoms with Gasteiger partial charge in [0.25, 0.3) is 0 Å². The molecule has 2 aromatic carbocycles. The molecule has 2 aromatic rings. The minimum absolute atomic E-state index is 0.0446. The van der Waals surface area contributed by atoms with Crippen molar-refractivity contribution in [3.63, 3.8) is 0 Å². The molecule has 112 valence electrons. The summed E-state index contributed by atoms with van der Waals surface area (Å²) >= 11 is 0. The highest BCUT2D eigenvalue weighted by atomic mass is 16.7. The molecule has 1 atom stereocenters. The van der Waals surface area contributed by atoms with E-state index in [1.54, 1.807) is 14.2 Å². The molecule has 0 aromatic heterocycles. The summed E-state index contributed by atoms with van der Waals surface area (Å²) in [5, 5.41) is 5.21. The fraction of sp³-hybridized carbons (Fsp3) is 0.353. The number of benzene rings is 2. The summed E-state index contributed by atoms with van der Waals surface area (Å²) in [5.74, 6) is -0.0446. The van der Waals surface area contributed by atoms with Gasteiger partial charge in [-0.3, -0.25) is 4.79 Å². The molecule has 0 bridgehead atoms. The summed E-state index contributed by atoms with van der Waals surface area (Å²) in [7, 11) is 3.11. The molecule has 0 fully saturated rings. The highest BCUT2D eigenvalue weighted by Gasteiger charge is 2.17. The molecule has 1 N–H and O–H groups in total. The lowest BCUT2D eigenvalue weighted by Gasteiger charge is -2.22. The third-order valence-corrected chi connectivity index (χ3v) is 3.44. The predicted octanol–water partition coefficient (Wildman–Crippen LogP) is 2.51. The molecule has 0 saturated heterocycles. The highest BCUT2D eigenvalue weighted by molar-refractivity contribution is 5.85. The number of carbonyl (C=O) groups is 1. The van der Waals surface area contributed by atoms with Crippen LogP contribution in [0.4, 0.5) is 0 Å². The Morgan fingerprint density at radius 2 is 1.76 bits per heavy atom. The lowest BCUT2D eigenvalue weighted by atomic mass is 10.0. The zero-order valence-corrected chi connectivity index (χ0v) is 12.6. The molecule has 0 spiro atoms. The van der Waals surface area contributed by atoms with Gasteiger partial charge in [0.1, 0.15) is 0 Å². The van der Waals surface area contributed by atoms with Gasteiger partial charge in [0, 0.05) is 14.2 Å². The van der Waals surface area contributed by atoms with Crippen LogP contribution in [0.1, 0.15) is 12.5 Å². The summed E-state index contributed by atoms with van der Waals surface area (Å²) < 4.78 is 10.3. The first-order valence-corrected chi connectivity index (χ1v) is 6.96. The van der Waals surface area contributed by atoms with Crippen LogP contribution in [0.15, 0.2) is 42.5 Å². The summed E-state index contributed by atoms with van der Waals surface area (Å²) in [6, 6.07) is 14.0. The monoisotopic (exact) mass is 287 g/mol. The Morgan fingerprint density at radius 1 is 1.10 bits per heavy atom. The highest BCUT2D eigenvalue weighted by Crippen LogP contribution is 2.16. The van der Waals surface area contributed by atoms with Crippen LogP contribution in [0.25, 0.3) is 10.8 Å². The van der Waals surface area contributed by atoms with E-state index in [1.807, 2.05) is 43.3 Å². The lowest BCUT2D eigenvalue weighted by Crippen LogP contribution is -2.43. The molecule has 0 radical (unpaired) electrons. The Balaban J connectivity index is 2.01. The van der Waals surface area contributed by atoms with Crippen LogP contribution in [-0.4, -0.2) is 32.5 Å². The Labute approximate surface area is 125 Å². The van der Waals surface area contributed by atoms with Gasteiger partial charge >= 0.3 is 0 Å². The Hall–Kier alpha value is -1.91. The summed E-state index contributed by atoms with van der Waals surface area (Å²) in [6.07, 6.45) is -0.0967. The lowest BCUT2D eigenvalue weighted by molar-refractivity contribution is -0.135. The average Bonchev–Trinajstić information content (AvgIpc) is 2.48. The van der Waals surface area contributed by atoms with Crippen LogP contribution < -0.4 is 5.32 Å². The molecule has 0 heterocycles. The standard InChI is InChI=1S/C17H21NO3/c1-12(17(20-2)21-3)18-16(19)11-13-8-9-14-6-4-5-7-15(14)10-13/h4-10,12,17H,11H2,1-3H3,(H,18,19). The second-order valence-corrected chi connectivity index (χ2v) is 5.05. The number of rotatable bonds is 6. The largest absolute Gasteiger partial charge is 0.354 e. The van der Waals surface area contributed by atoms with Gasteiger partial charge in [-0.15, -0.1) is 0 Å². The number of hydrogen-bond donors (Lipinski definition) is 1. The van der Waals surface area contributed by atoms with E-state index in [0.29, 0.717) is 6.42 Å². The molecule has 0 aliphatic carbocycles. The van der Waals surface area contributed by atoms with E-state index in [2.05, 4.69) is 11.4 Å². The molecule has 2 rings (SSSR count). The number of hydrogen-bond acceptors (Lipinski definition) is 3. The number of methoxy groups -OCH3 is 2. The maximum atomic E-state index is 12.1. The molecule has 4 nitrogen and oxygen atoms in total. The Kier molecular flexibility index (Phi) is 5.31. The van der Waals surface area contributed by atoms with Gasteiger partial charge in [-0.2, -0.15) is 0 Å². The van der Waals surface area contributed by atoms with E-state index in [-0.39, 0.29) is 11.9 Å². The van der Waals surface area contributed by atoms with Crippen LogP contribution in [-0.2, 0) is 20.7 Å². The second kappa shape index (κ2) is 7.20. The van der Waals surface area contributed by atoms with Crippen LogP contribution >= 0.6 is 0 Å². The van der Waals surface area contributed by atoms with Crippen LogP contribution in [0.3, 0.4) is 0 Å². The normalized spacial score (nSPS) is 12.6.